The van der Waals surface area contributed by atoms with Crippen molar-refractivity contribution in [3.05, 3.63) is 69.5 Å². The zero-order valence-electron chi connectivity index (χ0n) is 10.7. The fourth-order valence-electron chi connectivity index (χ4n) is 1.76. The Morgan fingerprint density at radius 1 is 1.29 bits per heavy atom. The lowest BCUT2D eigenvalue weighted by Gasteiger charge is -2.06. The number of nitrogens with zero attached hydrogens (tertiary/aromatic N) is 1. The zero-order chi connectivity index (χ0) is 15.4. The van der Waals surface area contributed by atoms with E-state index in [-0.39, 0.29) is 17.0 Å². The highest BCUT2D eigenvalue weighted by Gasteiger charge is 2.15. The molecule has 0 spiro atoms. The van der Waals surface area contributed by atoms with Gasteiger partial charge in [-0.25, -0.2) is 9.18 Å². The second-order valence-electron chi connectivity index (χ2n) is 4.12. The molecule has 108 valence electrons. The summed E-state index contributed by atoms with van der Waals surface area (Å²) in [5.41, 5.74) is 0.231. The van der Waals surface area contributed by atoms with Crippen molar-refractivity contribution in [2.75, 3.05) is 0 Å². The predicted molar refractivity (Wildman–Crippen MR) is 76.0 cm³/mol. The van der Waals surface area contributed by atoms with Crippen LogP contribution in [0.4, 0.5) is 10.1 Å². The van der Waals surface area contributed by atoms with Gasteiger partial charge in [-0.05, 0) is 23.8 Å². The first kappa shape index (κ1) is 15.0. The molecule has 0 heterocycles. The lowest BCUT2D eigenvalue weighted by Crippen LogP contribution is -2.02. The highest BCUT2D eigenvalue weighted by Crippen LogP contribution is 2.32. The van der Waals surface area contributed by atoms with Gasteiger partial charge < -0.3 is 5.11 Å². The van der Waals surface area contributed by atoms with Crippen molar-refractivity contribution < 1.29 is 19.2 Å². The molecule has 21 heavy (non-hydrogen) atoms. The number of para-hydroxylation sites is 1. The maximum Gasteiger partial charge on any atom is 0.336 e. The van der Waals surface area contributed by atoms with Crippen LogP contribution in [0.2, 0.25) is 0 Å². The van der Waals surface area contributed by atoms with E-state index in [0.717, 1.165) is 17.8 Å². The van der Waals surface area contributed by atoms with Gasteiger partial charge in [0.1, 0.15) is 5.82 Å². The van der Waals surface area contributed by atoms with Crippen LogP contribution in [0.25, 0.3) is 0 Å². The zero-order valence-corrected chi connectivity index (χ0v) is 11.5. The van der Waals surface area contributed by atoms with Gasteiger partial charge in [-0.2, -0.15) is 0 Å². The highest BCUT2D eigenvalue weighted by molar-refractivity contribution is 7.98. The van der Waals surface area contributed by atoms with E-state index in [0.29, 0.717) is 10.5 Å². The van der Waals surface area contributed by atoms with Crippen molar-refractivity contribution in [1.82, 2.24) is 0 Å². The number of carbonyl (C=O) groups is 1. The lowest BCUT2D eigenvalue weighted by molar-refractivity contribution is -0.387. The monoisotopic (exact) mass is 307 g/mol. The van der Waals surface area contributed by atoms with Crippen LogP contribution in [0, 0.1) is 15.9 Å². The first-order valence-corrected chi connectivity index (χ1v) is 6.85. The van der Waals surface area contributed by atoms with E-state index in [1.807, 2.05) is 0 Å². The van der Waals surface area contributed by atoms with Gasteiger partial charge in [0.05, 0.1) is 15.4 Å². The fourth-order valence-corrected chi connectivity index (χ4v) is 2.79. The second kappa shape index (κ2) is 6.36. The maximum atomic E-state index is 13.1. The standard InChI is InChI=1S/C14H10FNO4S/c15-10-6-5-9(11(7-10)14(17)18)8-21-13-4-2-1-3-12(13)16(19)20/h1-7H,8H2,(H,17,18). The van der Waals surface area contributed by atoms with Crippen LogP contribution in [-0.4, -0.2) is 16.0 Å². The molecule has 1 N–H and O–H groups in total. The number of carboxylic acid groups (broad SMARTS) is 1. The van der Waals surface area contributed by atoms with Crippen LogP contribution in [0.5, 0.6) is 0 Å². The number of thioether (sulfide) groups is 1. The average Bonchev–Trinajstić information content (AvgIpc) is 2.46. The number of nitro benzene ring substituents is 1. The first-order valence-electron chi connectivity index (χ1n) is 5.87. The van der Waals surface area contributed by atoms with Crippen LogP contribution in [0.15, 0.2) is 47.4 Å². The van der Waals surface area contributed by atoms with Crippen molar-refractivity contribution in [1.29, 1.82) is 0 Å². The Balaban J connectivity index is 2.25. The Hall–Kier alpha value is -2.41. The molecule has 0 radical (unpaired) electrons. The summed E-state index contributed by atoms with van der Waals surface area (Å²) in [5.74, 6) is -1.66. The number of halogens is 1. The van der Waals surface area contributed by atoms with Crippen molar-refractivity contribution >= 4 is 23.4 Å². The molecule has 2 aromatic rings. The van der Waals surface area contributed by atoms with E-state index >= 15 is 0 Å². The summed E-state index contributed by atoms with van der Waals surface area (Å²) in [4.78, 5) is 21.9. The molecule has 0 atom stereocenters. The normalized spacial score (nSPS) is 10.3. The van der Waals surface area contributed by atoms with Gasteiger partial charge in [0.25, 0.3) is 5.69 Å². The SMILES string of the molecule is O=C(O)c1cc(F)ccc1CSc1ccccc1[N+](=O)[O-]. The predicted octanol–water partition coefficient (Wildman–Crippen LogP) is 3.72. The minimum Gasteiger partial charge on any atom is -0.478 e. The largest absolute Gasteiger partial charge is 0.478 e. The maximum absolute atomic E-state index is 13.1. The molecule has 0 fully saturated rings. The van der Waals surface area contributed by atoms with Gasteiger partial charge in [0.15, 0.2) is 0 Å². The number of hydrogen-bond acceptors (Lipinski definition) is 4. The van der Waals surface area contributed by atoms with Gasteiger partial charge in [0.2, 0.25) is 0 Å². The molecule has 5 nitrogen and oxygen atoms in total. The van der Waals surface area contributed by atoms with Crippen molar-refractivity contribution in [3.8, 4) is 0 Å². The Morgan fingerprint density at radius 2 is 2.00 bits per heavy atom. The van der Waals surface area contributed by atoms with E-state index in [1.54, 1.807) is 18.2 Å². The molecule has 0 aliphatic rings. The first-order chi connectivity index (χ1) is 9.99. The number of rotatable bonds is 5. The van der Waals surface area contributed by atoms with E-state index in [4.69, 9.17) is 5.11 Å². The third-order valence-electron chi connectivity index (χ3n) is 2.75. The summed E-state index contributed by atoms with van der Waals surface area (Å²) in [5, 5.41) is 19.9. The minimum atomic E-state index is -1.23. The van der Waals surface area contributed by atoms with E-state index in [2.05, 4.69) is 0 Å². The lowest BCUT2D eigenvalue weighted by atomic mass is 10.1. The summed E-state index contributed by atoms with van der Waals surface area (Å²) < 4.78 is 13.1. The molecular formula is C14H10FNO4S. The molecule has 0 amide bonds. The third kappa shape index (κ3) is 3.57. The Morgan fingerprint density at radius 3 is 2.67 bits per heavy atom. The topological polar surface area (TPSA) is 80.4 Å². The molecule has 0 unspecified atom stereocenters. The van der Waals surface area contributed by atoms with Crippen molar-refractivity contribution in [3.63, 3.8) is 0 Å². The van der Waals surface area contributed by atoms with E-state index in [9.17, 15) is 19.3 Å². The molecule has 0 aromatic heterocycles. The second-order valence-corrected chi connectivity index (χ2v) is 5.14. The van der Waals surface area contributed by atoms with Gasteiger partial charge in [-0.1, -0.05) is 18.2 Å². The van der Waals surface area contributed by atoms with Crippen LogP contribution < -0.4 is 0 Å². The van der Waals surface area contributed by atoms with Gasteiger partial charge >= 0.3 is 5.97 Å². The summed E-state index contributed by atoms with van der Waals surface area (Å²) in [6.07, 6.45) is 0. The van der Waals surface area contributed by atoms with Gasteiger partial charge in [-0.3, -0.25) is 10.1 Å². The molecule has 2 rings (SSSR count). The number of hydrogen-bond donors (Lipinski definition) is 1. The van der Waals surface area contributed by atoms with Crippen LogP contribution in [-0.2, 0) is 5.75 Å². The quantitative estimate of drug-likeness (QED) is 0.517. The molecule has 0 saturated carbocycles. The van der Waals surface area contributed by atoms with Crippen molar-refractivity contribution in [2.24, 2.45) is 0 Å². The Bertz CT molecular complexity index is 705. The van der Waals surface area contributed by atoms with Crippen molar-refractivity contribution in [2.45, 2.75) is 10.6 Å². The number of aromatic carboxylic acids is 1. The number of nitro groups is 1. The highest BCUT2D eigenvalue weighted by atomic mass is 32.2. The van der Waals surface area contributed by atoms with Gasteiger partial charge in [-0.15, -0.1) is 11.8 Å². The fraction of sp³-hybridized carbons (Fsp3) is 0.0714. The van der Waals surface area contributed by atoms with Crippen LogP contribution in [0.1, 0.15) is 15.9 Å². The smallest absolute Gasteiger partial charge is 0.336 e. The molecule has 7 heteroatoms. The Labute approximate surface area is 123 Å². The average molecular weight is 307 g/mol. The van der Waals surface area contributed by atoms with Crippen LogP contribution in [0.3, 0.4) is 0 Å². The molecule has 2 aromatic carbocycles. The van der Waals surface area contributed by atoms with Crippen LogP contribution >= 0.6 is 11.8 Å². The number of carboxylic acids is 1. The number of benzene rings is 2. The molecule has 0 aliphatic carbocycles. The summed E-state index contributed by atoms with van der Waals surface area (Å²) in [6, 6.07) is 9.68. The summed E-state index contributed by atoms with van der Waals surface area (Å²) in [6.45, 7) is 0. The molecular weight excluding hydrogens is 297 g/mol. The Kier molecular flexibility index (Phi) is 4.54. The van der Waals surface area contributed by atoms with Gasteiger partial charge in [0, 0.05) is 11.8 Å². The molecule has 0 bridgehead atoms. The van der Waals surface area contributed by atoms with E-state index in [1.165, 1.54) is 18.2 Å². The minimum absolute atomic E-state index is 0.0403. The molecule has 0 saturated heterocycles. The van der Waals surface area contributed by atoms with E-state index < -0.39 is 16.7 Å². The summed E-state index contributed by atoms with van der Waals surface area (Å²) in [7, 11) is 0. The molecule has 0 aliphatic heterocycles. The third-order valence-corrected chi connectivity index (χ3v) is 3.86. The summed E-state index contributed by atoms with van der Waals surface area (Å²) >= 11 is 1.14.